The van der Waals surface area contributed by atoms with Gasteiger partial charge in [-0.1, -0.05) is 6.92 Å². The molecule has 0 bridgehead atoms. The Bertz CT molecular complexity index is 358. The molecular weight excluding hydrogens is 296 g/mol. The number of hydrogen-bond donors (Lipinski definition) is 1. The summed E-state index contributed by atoms with van der Waals surface area (Å²) in [7, 11) is 0. The molecule has 1 aliphatic heterocycles. The van der Waals surface area contributed by atoms with Crippen LogP contribution < -0.4 is 5.73 Å². The molecule has 0 aliphatic carbocycles. The SMILES string of the molecule is CCCN1CCC(CN)C1c1cc(Br)c(C)s1. The van der Waals surface area contributed by atoms with E-state index in [0.29, 0.717) is 12.0 Å². The molecule has 2 unspecified atom stereocenters. The van der Waals surface area contributed by atoms with E-state index < -0.39 is 0 Å². The highest BCUT2D eigenvalue weighted by Gasteiger charge is 2.34. The molecule has 0 amide bonds. The van der Waals surface area contributed by atoms with Crippen molar-refractivity contribution in [3.8, 4) is 0 Å². The molecular formula is C13H21BrN2S. The minimum Gasteiger partial charge on any atom is -0.330 e. The standard InChI is InChI=1S/C13H21BrN2S/c1-3-5-16-6-4-10(8-15)13(16)12-7-11(14)9(2)17-12/h7,10,13H,3-6,8,15H2,1-2H3. The molecule has 2 nitrogen and oxygen atoms in total. The van der Waals surface area contributed by atoms with Crippen LogP contribution in [0, 0.1) is 12.8 Å². The summed E-state index contributed by atoms with van der Waals surface area (Å²) in [5, 5.41) is 0. The van der Waals surface area contributed by atoms with E-state index in [1.165, 1.54) is 40.2 Å². The van der Waals surface area contributed by atoms with Crippen molar-refractivity contribution in [2.45, 2.75) is 32.7 Å². The summed E-state index contributed by atoms with van der Waals surface area (Å²) in [5.41, 5.74) is 5.93. The number of halogens is 1. The fourth-order valence-corrected chi connectivity index (χ4v) is 4.54. The zero-order valence-corrected chi connectivity index (χ0v) is 13.0. The van der Waals surface area contributed by atoms with Crippen LogP contribution in [-0.2, 0) is 0 Å². The van der Waals surface area contributed by atoms with Crippen LogP contribution >= 0.6 is 27.3 Å². The Morgan fingerprint density at radius 1 is 1.59 bits per heavy atom. The van der Waals surface area contributed by atoms with Crippen LogP contribution in [-0.4, -0.2) is 24.5 Å². The van der Waals surface area contributed by atoms with Gasteiger partial charge >= 0.3 is 0 Å². The molecule has 0 saturated carbocycles. The number of aryl methyl sites for hydroxylation is 1. The highest BCUT2D eigenvalue weighted by atomic mass is 79.9. The third-order valence-corrected chi connectivity index (χ3v) is 5.82. The van der Waals surface area contributed by atoms with Gasteiger partial charge in [-0.25, -0.2) is 0 Å². The molecule has 0 aromatic carbocycles. The quantitative estimate of drug-likeness (QED) is 0.920. The molecule has 0 radical (unpaired) electrons. The van der Waals surface area contributed by atoms with Crippen LogP contribution in [0.25, 0.3) is 0 Å². The number of likely N-dealkylation sites (tertiary alicyclic amines) is 1. The second kappa shape index (κ2) is 5.83. The van der Waals surface area contributed by atoms with Gasteiger partial charge in [0.25, 0.3) is 0 Å². The van der Waals surface area contributed by atoms with Crippen molar-refractivity contribution in [1.29, 1.82) is 0 Å². The Balaban J connectivity index is 2.24. The summed E-state index contributed by atoms with van der Waals surface area (Å²) in [4.78, 5) is 5.46. The van der Waals surface area contributed by atoms with Gasteiger partial charge in [0.2, 0.25) is 0 Å². The summed E-state index contributed by atoms with van der Waals surface area (Å²) < 4.78 is 1.25. The number of hydrogen-bond acceptors (Lipinski definition) is 3. The minimum atomic E-state index is 0.551. The molecule has 2 heterocycles. The van der Waals surface area contributed by atoms with Gasteiger partial charge in [-0.15, -0.1) is 11.3 Å². The van der Waals surface area contributed by atoms with E-state index in [0.717, 1.165) is 6.54 Å². The van der Waals surface area contributed by atoms with Crippen molar-refractivity contribution >= 4 is 27.3 Å². The van der Waals surface area contributed by atoms with Gasteiger partial charge in [0, 0.05) is 20.3 Å². The summed E-state index contributed by atoms with van der Waals surface area (Å²) in [6.45, 7) is 7.63. The largest absolute Gasteiger partial charge is 0.330 e. The number of nitrogens with zero attached hydrogens (tertiary/aromatic N) is 1. The monoisotopic (exact) mass is 316 g/mol. The highest BCUT2D eigenvalue weighted by Crippen LogP contribution is 2.41. The van der Waals surface area contributed by atoms with Crippen LogP contribution in [0.4, 0.5) is 0 Å². The molecule has 0 spiro atoms. The van der Waals surface area contributed by atoms with Gasteiger partial charge in [-0.05, 0) is 67.3 Å². The first-order valence-corrected chi connectivity index (χ1v) is 7.98. The molecule has 1 aliphatic rings. The maximum Gasteiger partial charge on any atom is 0.0482 e. The van der Waals surface area contributed by atoms with Crippen molar-refractivity contribution in [3.63, 3.8) is 0 Å². The van der Waals surface area contributed by atoms with E-state index in [-0.39, 0.29) is 0 Å². The first-order chi connectivity index (χ1) is 8.17. The van der Waals surface area contributed by atoms with E-state index in [4.69, 9.17) is 5.73 Å². The maximum atomic E-state index is 5.93. The highest BCUT2D eigenvalue weighted by molar-refractivity contribution is 9.10. The van der Waals surface area contributed by atoms with Gasteiger partial charge < -0.3 is 5.73 Å². The van der Waals surface area contributed by atoms with Crippen LogP contribution in [0.5, 0.6) is 0 Å². The minimum absolute atomic E-state index is 0.551. The molecule has 96 valence electrons. The average Bonchev–Trinajstić information content (AvgIpc) is 2.84. The van der Waals surface area contributed by atoms with Crippen molar-refractivity contribution in [2.75, 3.05) is 19.6 Å². The van der Waals surface area contributed by atoms with Crippen molar-refractivity contribution < 1.29 is 0 Å². The second-order valence-corrected chi connectivity index (χ2v) is 6.96. The second-order valence-electron chi connectivity index (χ2n) is 4.82. The van der Waals surface area contributed by atoms with Gasteiger partial charge in [0.15, 0.2) is 0 Å². The molecule has 2 rings (SSSR count). The molecule has 1 aromatic rings. The van der Waals surface area contributed by atoms with Crippen LogP contribution in [0.15, 0.2) is 10.5 Å². The molecule has 4 heteroatoms. The Hall–Kier alpha value is 0.1000. The zero-order chi connectivity index (χ0) is 12.4. The van der Waals surface area contributed by atoms with Gasteiger partial charge in [0.1, 0.15) is 0 Å². The molecule has 1 aromatic heterocycles. The molecule has 1 fully saturated rings. The molecule has 2 atom stereocenters. The van der Waals surface area contributed by atoms with Crippen LogP contribution in [0.3, 0.4) is 0 Å². The van der Waals surface area contributed by atoms with Crippen LogP contribution in [0.1, 0.15) is 35.6 Å². The lowest BCUT2D eigenvalue weighted by Crippen LogP contribution is -2.28. The molecule has 17 heavy (non-hydrogen) atoms. The van der Waals surface area contributed by atoms with Crippen LogP contribution in [0.2, 0.25) is 0 Å². The lowest BCUT2D eigenvalue weighted by atomic mass is 9.99. The summed E-state index contributed by atoms with van der Waals surface area (Å²) in [6, 6.07) is 2.84. The maximum absolute atomic E-state index is 5.93. The van der Waals surface area contributed by atoms with Crippen molar-refractivity contribution in [2.24, 2.45) is 11.7 Å². The fourth-order valence-electron chi connectivity index (χ4n) is 2.75. The predicted molar refractivity (Wildman–Crippen MR) is 78.5 cm³/mol. The summed E-state index contributed by atoms with van der Waals surface area (Å²) in [6.07, 6.45) is 2.47. The third kappa shape index (κ3) is 2.75. The Morgan fingerprint density at radius 3 is 2.88 bits per heavy atom. The number of nitrogens with two attached hydrogens (primary N) is 1. The number of rotatable bonds is 4. The zero-order valence-electron chi connectivity index (χ0n) is 10.6. The van der Waals surface area contributed by atoms with Crippen molar-refractivity contribution in [3.05, 3.63) is 20.3 Å². The fraction of sp³-hybridized carbons (Fsp3) is 0.692. The van der Waals surface area contributed by atoms with E-state index in [9.17, 15) is 0 Å². The summed E-state index contributed by atoms with van der Waals surface area (Å²) >= 11 is 5.54. The van der Waals surface area contributed by atoms with Gasteiger partial charge in [0.05, 0.1) is 0 Å². The number of thiophene rings is 1. The van der Waals surface area contributed by atoms with E-state index in [1.807, 2.05) is 11.3 Å². The Labute approximate surface area is 116 Å². The molecule has 1 saturated heterocycles. The topological polar surface area (TPSA) is 29.3 Å². The first-order valence-electron chi connectivity index (χ1n) is 6.37. The smallest absolute Gasteiger partial charge is 0.0482 e. The van der Waals surface area contributed by atoms with E-state index in [1.54, 1.807) is 0 Å². The Morgan fingerprint density at radius 2 is 2.35 bits per heavy atom. The Kier molecular flexibility index (Phi) is 4.64. The summed E-state index contributed by atoms with van der Waals surface area (Å²) in [5.74, 6) is 0.631. The normalized spacial score (nSPS) is 25.6. The average molecular weight is 317 g/mol. The van der Waals surface area contributed by atoms with Gasteiger partial charge in [-0.3, -0.25) is 4.90 Å². The van der Waals surface area contributed by atoms with Crippen molar-refractivity contribution in [1.82, 2.24) is 4.90 Å². The third-order valence-electron chi connectivity index (χ3n) is 3.61. The lowest BCUT2D eigenvalue weighted by molar-refractivity contribution is 0.234. The van der Waals surface area contributed by atoms with E-state index >= 15 is 0 Å². The van der Waals surface area contributed by atoms with E-state index in [2.05, 4.69) is 40.7 Å². The predicted octanol–water partition coefficient (Wildman–Crippen LogP) is 3.55. The first kappa shape index (κ1) is 13.5. The lowest BCUT2D eigenvalue weighted by Gasteiger charge is -2.26. The molecule has 2 N–H and O–H groups in total. The van der Waals surface area contributed by atoms with Gasteiger partial charge in [-0.2, -0.15) is 0 Å².